The lowest BCUT2D eigenvalue weighted by molar-refractivity contribution is -0.140. The number of nitrogens with one attached hydrogen (secondary N) is 3. The van der Waals surface area contributed by atoms with Gasteiger partial charge >= 0.3 is 12.2 Å². The van der Waals surface area contributed by atoms with E-state index in [0.717, 1.165) is 11.3 Å². The number of amides is 4. The summed E-state index contributed by atoms with van der Waals surface area (Å²) >= 11 is 0. The van der Waals surface area contributed by atoms with E-state index in [0.29, 0.717) is 45.2 Å². The van der Waals surface area contributed by atoms with E-state index in [4.69, 9.17) is 4.74 Å². The monoisotopic (exact) mass is 567 g/mol. The molecule has 0 aliphatic carbocycles. The summed E-state index contributed by atoms with van der Waals surface area (Å²) in [6.45, 7) is 6.01. The Kier molecular flexibility index (Phi) is 11.5. The fraction of sp³-hybridized carbons (Fsp3) is 0.500. The number of alkyl carbamates (subject to hydrolysis) is 1. The molecular formula is C30H41N5O6. The van der Waals surface area contributed by atoms with Crippen molar-refractivity contribution in [3.8, 4) is 0 Å². The van der Waals surface area contributed by atoms with Gasteiger partial charge in [-0.25, -0.2) is 9.59 Å². The molecule has 0 saturated carbocycles. The van der Waals surface area contributed by atoms with Crippen molar-refractivity contribution in [2.45, 2.75) is 83.0 Å². The van der Waals surface area contributed by atoms with E-state index < -0.39 is 35.8 Å². The summed E-state index contributed by atoms with van der Waals surface area (Å²) in [5.41, 5.74) is 1.14. The standard InChI is InChI=1S/C30H41N5O6/c1-30(2,3)41-29(40)32-18-10-8-15-23(34-28(38)39)27(37)35-19-11-16-25(35)26(36)33-24(21-12-5-4-6-13-21)20-22-14-7-9-17-31-22/h4-7,9,12-14,17,23-25,34H,8,10-11,15-16,18-20H2,1-3H3,(H,32,40)(H,33,36)(H,38,39)/t23?,24?,25-/m0/s1. The Hall–Kier alpha value is -4.15. The third kappa shape index (κ3) is 10.4. The molecule has 41 heavy (non-hydrogen) atoms. The molecule has 3 rings (SSSR count). The lowest BCUT2D eigenvalue weighted by Gasteiger charge is -2.30. The van der Waals surface area contributed by atoms with Crippen LogP contribution in [0.15, 0.2) is 54.7 Å². The summed E-state index contributed by atoms with van der Waals surface area (Å²) in [5, 5.41) is 17.5. The summed E-state index contributed by atoms with van der Waals surface area (Å²) in [5.74, 6) is -0.706. The number of likely N-dealkylation sites (tertiary alicyclic amines) is 1. The van der Waals surface area contributed by atoms with E-state index in [1.165, 1.54) is 4.90 Å². The molecule has 0 spiro atoms. The molecule has 4 N–H and O–H groups in total. The Morgan fingerprint density at radius 2 is 1.78 bits per heavy atom. The molecule has 1 saturated heterocycles. The van der Waals surface area contributed by atoms with Gasteiger partial charge in [-0.05, 0) is 70.6 Å². The van der Waals surface area contributed by atoms with Crippen LogP contribution in [0.3, 0.4) is 0 Å². The molecular weight excluding hydrogens is 526 g/mol. The molecule has 2 aromatic rings. The van der Waals surface area contributed by atoms with E-state index in [1.54, 1.807) is 27.0 Å². The van der Waals surface area contributed by atoms with E-state index >= 15 is 0 Å². The number of carbonyl (C=O) groups is 4. The number of carboxylic acid groups (broad SMARTS) is 1. The number of benzene rings is 1. The lowest BCUT2D eigenvalue weighted by atomic mass is 10.0. The maximum absolute atomic E-state index is 13.5. The van der Waals surface area contributed by atoms with E-state index in [2.05, 4.69) is 20.9 Å². The average Bonchev–Trinajstić information content (AvgIpc) is 3.41. The number of nitrogens with zero attached hydrogens (tertiary/aromatic N) is 2. The number of pyridine rings is 1. The number of hydrogen-bond acceptors (Lipinski definition) is 6. The van der Waals surface area contributed by atoms with Crippen LogP contribution in [0, 0.1) is 0 Å². The molecule has 0 radical (unpaired) electrons. The number of carbonyl (C=O) groups excluding carboxylic acids is 3. The molecule has 1 aliphatic rings. The van der Waals surface area contributed by atoms with Crippen LogP contribution in [0.2, 0.25) is 0 Å². The number of ether oxygens (including phenoxy) is 1. The molecule has 1 aromatic heterocycles. The van der Waals surface area contributed by atoms with Gasteiger partial charge in [0.05, 0.1) is 6.04 Å². The second-order valence-electron chi connectivity index (χ2n) is 11.1. The van der Waals surface area contributed by atoms with Crippen molar-refractivity contribution in [1.82, 2.24) is 25.8 Å². The van der Waals surface area contributed by atoms with Crippen molar-refractivity contribution in [1.29, 1.82) is 0 Å². The topological polar surface area (TPSA) is 150 Å². The van der Waals surface area contributed by atoms with Crippen LogP contribution in [0.1, 0.15) is 70.2 Å². The van der Waals surface area contributed by atoms with Crippen LogP contribution in [-0.4, -0.2) is 69.8 Å². The van der Waals surface area contributed by atoms with Gasteiger partial charge in [0.1, 0.15) is 17.7 Å². The molecule has 11 heteroatoms. The minimum Gasteiger partial charge on any atom is -0.465 e. The quantitative estimate of drug-likeness (QED) is 0.285. The number of hydrogen-bond donors (Lipinski definition) is 4. The number of rotatable bonds is 12. The van der Waals surface area contributed by atoms with Crippen LogP contribution in [0.25, 0.3) is 0 Å². The van der Waals surface area contributed by atoms with Crippen molar-refractivity contribution in [2.75, 3.05) is 13.1 Å². The van der Waals surface area contributed by atoms with Gasteiger partial charge in [0.2, 0.25) is 11.8 Å². The molecule has 0 bridgehead atoms. The first-order chi connectivity index (χ1) is 19.5. The molecule has 222 valence electrons. The summed E-state index contributed by atoms with van der Waals surface area (Å²) in [6.07, 6.45) is 2.72. The summed E-state index contributed by atoms with van der Waals surface area (Å²) in [7, 11) is 0. The van der Waals surface area contributed by atoms with Gasteiger partial charge in [-0.1, -0.05) is 36.4 Å². The largest absolute Gasteiger partial charge is 0.465 e. The Morgan fingerprint density at radius 1 is 1.05 bits per heavy atom. The van der Waals surface area contributed by atoms with Gasteiger partial charge in [-0.3, -0.25) is 14.6 Å². The fourth-order valence-corrected chi connectivity index (χ4v) is 4.82. The highest BCUT2D eigenvalue weighted by atomic mass is 16.6. The van der Waals surface area contributed by atoms with Gasteiger partial charge in [0.25, 0.3) is 0 Å². The van der Waals surface area contributed by atoms with E-state index in [1.807, 2.05) is 48.5 Å². The maximum atomic E-state index is 13.5. The minimum atomic E-state index is -1.31. The minimum absolute atomic E-state index is 0.234. The molecule has 3 atom stereocenters. The lowest BCUT2D eigenvalue weighted by Crippen LogP contribution is -2.53. The zero-order valence-corrected chi connectivity index (χ0v) is 24.0. The highest BCUT2D eigenvalue weighted by Crippen LogP contribution is 2.23. The van der Waals surface area contributed by atoms with Crippen molar-refractivity contribution in [3.05, 3.63) is 66.0 Å². The van der Waals surface area contributed by atoms with Gasteiger partial charge in [-0.15, -0.1) is 0 Å². The molecule has 1 fully saturated rings. The van der Waals surface area contributed by atoms with E-state index in [-0.39, 0.29) is 18.4 Å². The SMILES string of the molecule is CC(C)(C)OC(=O)NCCCCC(NC(=O)O)C(=O)N1CCC[C@H]1C(=O)NC(Cc1ccccn1)c1ccccc1. The Labute approximate surface area is 241 Å². The van der Waals surface area contributed by atoms with Gasteiger partial charge in [-0.2, -0.15) is 0 Å². The first kappa shape index (κ1) is 31.4. The van der Waals surface area contributed by atoms with Gasteiger partial charge < -0.3 is 30.7 Å². The Bertz CT molecular complexity index is 1150. The first-order valence-corrected chi connectivity index (χ1v) is 14.1. The fourth-order valence-electron chi connectivity index (χ4n) is 4.82. The van der Waals surface area contributed by atoms with Crippen LogP contribution >= 0.6 is 0 Å². The molecule has 4 amide bonds. The first-order valence-electron chi connectivity index (χ1n) is 14.1. The van der Waals surface area contributed by atoms with Crippen molar-refractivity contribution >= 4 is 24.0 Å². The Balaban J connectivity index is 1.62. The van der Waals surface area contributed by atoms with E-state index in [9.17, 15) is 24.3 Å². The summed E-state index contributed by atoms with van der Waals surface area (Å²) in [4.78, 5) is 56.2. The van der Waals surface area contributed by atoms with Gasteiger partial charge in [0, 0.05) is 31.4 Å². The van der Waals surface area contributed by atoms with Crippen LogP contribution in [0.5, 0.6) is 0 Å². The highest BCUT2D eigenvalue weighted by Gasteiger charge is 2.38. The molecule has 1 aromatic carbocycles. The zero-order valence-electron chi connectivity index (χ0n) is 24.0. The zero-order chi connectivity index (χ0) is 29.8. The summed E-state index contributed by atoms with van der Waals surface area (Å²) in [6, 6.07) is 13.2. The van der Waals surface area contributed by atoms with Crippen molar-refractivity contribution < 1.29 is 29.0 Å². The van der Waals surface area contributed by atoms with Crippen molar-refractivity contribution in [2.24, 2.45) is 0 Å². The summed E-state index contributed by atoms with van der Waals surface area (Å²) < 4.78 is 5.20. The number of unbranched alkanes of at least 4 members (excludes halogenated alkanes) is 1. The normalized spacial score (nSPS) is 16.4. The van der Waals surface area contributed by atoms with Crippen LogP contribution in [0.4, 0.5) is 9.59 Å². The van der Waals surface area contributed by atoms with Crippen molar-refractivity contribution in [3.63, 3.8) is 0 Å². The van der Waals surface area contributed by atoms with Crippen LogP contribution < -0.4 is 16.0 Å². The second-order valence-corrected chi connectivity index (χ2v) is 11.1. The maximum Gasteiger partial charge on any atom is 0.407 e. The third-order valence-electron chi connectivity index (χ3n) is 6.68. The smallest absolute Gasteiger partial charge is 0.407 e. The molecule has 11 nitrogen and oxygen atoms in total. The third-order valence-corrected chi connectivity index (χ3v) is 6.68. The predicted octanol–water partition coefficient (Wildman–Crippen LogP) is 3.80. The molecule has 2 heterocycles. The van der Waals surface area contributed by atoms with Crippen LogP contribution in [-0.2, 0) is 20.7 Å². The number of aromatic nitrogens is 1. The molecule has 2 unspecified atom stereocenters. The second kappa shape index (κ2) is 15.0. The average molecular weight is 568 g/mol. The highest BCUT2D eigenvalue weighted by molar-refractivity contribution is 5.91. The van der Waals surface area contributed by atoms with Gasteiger partial charge in [0.15, 0.2) is 0 Å². The Morgan fingerprint density at radius 3 is 2.44 bits per heavy atom. The predicted molar refractivity (Wildman–Crippen MR) is 153 cm³/mol. The molecule has 1 aliphatic heterocycles.